The molecule has 3 saturated heterocycles. The minimum atomic E-state index is -1.12. The molecule has 234 valence electrons. The number of nitrogens with zero attached hydrogens (tertiary/aromatic N) is 4. The summed E-state index contributed by atoms with van der Waals surface area (Å²) in [7, 11) is 0. The number of carbonyl (C=O) groups excluding carboxylic acids is 3. The quantitative estimate of drug-likeness (QED) is 0.252. The molecule has 2 unspecified atom stereocenters. The molecule has 0 radical (unpaired) electrons. The fourth-order valence-corrected chi connectivity index (χ4v) is 7.42. The highest BCUT2D eigenvalue weighted by molar-refractivity contribution is 6.02. The Balaban J connectivity index is 1.25. The number of hydrogen-bond acceptors (Lipinski definition) is 8. The molecule has 12 nitrogen and oxygen atoms in total. The Morgan fingerprint density at radius 1 is 1.07 bits per heavy atom. The van der Waals surface area contributed by atoms with Gasteiger partial charge in [0.2, 0.25) is 17.7 Å². The van der Waals surface area contributed by atoms with E-state index in [4.69, 9.17) is 9.47 Å². The minimum absolute atomic E-state index is 0.0774. The predicted molar refractivity (Wildman–Crippen MR) is 161 cm³/mol. The molecule has 3 N–H and O–H groups in total. The van der Waals surface area contributed by atoms with Crippen LogP contribution in [0.4, 0.5) is 5.69 Å². The first-order valence-electron chi connectivity index (χ1n) is 15.5. The summed E-state index contributed by atoms with van der Waals surface area (Å²) in [5.41, 5.74) is 0.0894. The third-order valence-electron chi connectivity index (χ3n) is 9.37. The van der Waals surface area contributed by atoms with Gasteiger partial charge in [-0.1, -0.05) is 30.2 Å². The number of unbranched alkanes of at least 4 members (excludes halogenated alkanes) is 3. The molecule has 3 fully saturated rings. The number of ether oxygens (including phenoxy) is 2. The van der Waals surface area contributed by atoms with E-state index in [1.807, 2.05) is 38.1 Å². The highest BCUT2D eigenvalue weighted by Crippen LogP contribution is 2.63. The Morgan fingerprint density at radius 3 is 2.61 bits per heavy atom. The van der Waals surface area contributed by atoms with E-state index >= 15 is 0 Å². The van der Waals surface area contributed by atoms with Gasteiger partial charge in [-0.05, 0) is 75.9 Å². The SMILES string of the molecule is CCOc1ccc(NC(=O)[C@H]2[C@H]3C(=O)N(CCCCCCO)C(C(=O)NCn4nnc5ccccc54)C34CC[C@]2(C)O4)cc1. The lowest BCUT2D eigenvalue weighted by Gasteiger charge is -2.33. The van der Waals surface area contributed by atoms with E-state index < -0.39 is 29.1 Å². The summed E-state index contributed by atoms with van der Waals surface area (Å²) in [6.07, 6.45) is 4.04. The van der Waals surface area contributed by atoms with Gasteiger partial charge < -0.3 is 30.1 Å². The predicted octanol–water partition coefficient (Wildman–Crippen LogP) is 2.86. The molecular formula is C32H40N6O6. The summed E-state index contributed by atoms with van der Waals surface area (Å²) in [6.45, 7) is 4.88. The van der Waals surface area contributed by atoms with Crippen molar-refractivity contribution in [3.8, 4) is 5.75 Å². The van der Waals surface area contributed by atoms with Gasteiger partial charge in [-0.2, -0.15) is 0 Å². The van der Waals surface area contributed by atoms with Crippen molar-refractivity contribution in [2.45, 2.75) is 76.3 Å². The van der Waals surface area contributed by atoms with Crippen molar-refractivity contribution >= 4 is 34.4 Å². The highest BCUT2D eigenvalue weighted by Gasteiger charge is 2.77. The highest BCUT2D eigenvalue weighted by atomic mass is 16.5. The average Bonchev–Trinajstić information content (AvgIpc) is 3.72. The first-order chi connectivity index (χ1) is 21.3. The molecule has 3 aliphatic heterocycles. The van der Waals surface area contributed by atoms with Gasteiger partial charge in [0.25, 0.3) is 0 Å². The fraction of sp³-hybridized carbons (Fsp3) is 0.531. The fourth-order valence-electron chi connectivity index (χ4n) is 7.42. The van der Waals surface area contributed by atoms with Gasteiger partial charge in [-0.15, -0.1) is 5.10 Å². The van der Waals surface area contributed by atoms with Gasteiger partial charge in [-0.3, -0.25) is 14.4 Å². The Morgan fingerprint density at radius 2 is 1.84 bits per heavy atom. The second-order valence-corrected chi connectivity index (χ2v) is 12.1. The second kappa shape index (κ2) is 12.2. The largest absolute Gasteiger partial charge is 0.494 e. The number of para-hydroxylation sites is 1. The van der Waals surface area contributed by atoms with E-state index in [-0.39, 0.29) is 31.0 Å². The van der Waals surface area contributed by atoms with Gasteiger partial charge in [0, 0.05) is 18.8 Å². The lowest BCUT2D eigenvalue weighted by atomic mass is 9.66. The molecule has 5 atom stereocenters. The van der Waals surface area contributed by atoms with Gasteiger partial charge in [0.15, 0.2) is 0 Å². The van der Waals surface area contributed by atoms with E-state index in [1.54, 1.807) is 33.8 Å². The molecule has 4 heterocycles. The number of rotatable bonds is 13. The first-order valence-corrected chi connectivity index (χ1v) is 15.5. The zero-order valence-corrected chi connectivity index (χ0v) is 25.2. The van der Waals surface area contributed by atoms with Crippen molar-refractivity contribution in [1.29, 1.82) is 0 Å². The van der Waals surface area contributed by atoms with Crippen LogP contribution in [0.5, 0.6) is 5.75 Å². The van der Waals surface area contributed by atoms with Crippen LogP contribution in [-0.2, 0) is 25.8 Å². The molecule has 3 amide bonds. The number of aliphatic hydroxyl groups excluding tert-OH is 1. The molecular weight excluding hydrogens is 564 g/mol. The Hall–Kier alpha value is -4.03. The number of benzene rings is 2. The Kier molecular flexibility index (Phi) is 8.30. The van der Waals surface area contributed by atoms with Crippen molar-refractivity contribution in [1.82, 2.24) is 25.2 Å². The van der Waals surface area contributed by atoms with Crippen molar-refractivity contribution in [2.24, 2.45) is 11.8 Å². The van der Waals surface area contributed by atoms with Crippen LogP contribution in [0.3, 0.4) is 0 Å². The van der Waals surface area contributed by atoms with E-state index in [0.29, 0.717) is 55.8 Å². The molecule has 2 bridgehead atoms. The molecule has 0 aliphatic carbocycles. The molecule has 3 aromatic rings. The van der Waals surface area contributed by atoms with Crippen LogP contribution in [-0.4, -0.2) is 79.7 Å². The topological polar surface area (TPSA) is 148 Å². The third-order valence-corrected chi connectivity index (χ3v) is 9.37. The van der Waals surface area contributed by atoms with Crippen molar-refractivity contribution in [3.63, 3.8) is 0 Å². The number of likely N-dealkylation sites (tertiary alicyclic amines) is 1. The van der Waals surface area contributed by atoms with Gasteiger partial charge in [0.1, 0.15) is 29.6 Å². The molecule has 3 aliphatic rings. The van der Waals surface area contributed by atoms with E-state index in [0.717, 1.165) is 18.4 Å². The number of carbonyl (C=O) groups is 3. The van der Waals surface area contributed by atoms with Crippen molar-refractivity contribution in [2.75, 3.05) is 25.1 Å². The molecule has 12 heteroatoms. The van der Waals surface area contributed by atoms with Gasteiger partial charge in [-0.25, -0.2) is 4.68 Å². The molecule has 6 rings (SSSR count). The number of hydrogen-bond donors (Lipinski definition) is 3. The van der Waals surface area contributed by atoms with Crippen LogP contribution in [0.25, 0.3) is 11.0 Å². The summed E-state index contributed by atoms with van der Waals surface area (Å²) in [6, 6.07) is 13.7. The molecule has 1 spiro atoms. The zero-order valence-electron chi connectivity index (χ0n) is 25.2. The lowest BCUT2D eigenvalue weighted by Crippen LogP contribution is -2.55. The van der Waals surface area contributed by atoms with E-state index in [1.165, 1.54) is 0 Å². The van der Waals surface area contributed by atoms with Crippen molar-refractivity contribution < 1.29 is 29.0 Å². The average molecular weight is 605 g/mol. The number of aliphatic hydroxyl groups is 1. The van der Waals surface area contributed by atoms with Crippen LogP contribution >= 0.6 is 0 Å². The molecule has 0 saturated carbocycles. The number of anilines is 1. The van der Waals surface area contributed by atoms with Crippen LogP contribution in [0.15, 0.2) is 48.5 Å². The van der Waals surface area contributed by atoms with Crippen LogP contribution in [0, 0.1) is 11.8 Å². The minimum Gasteiger partial charge on any atom is -0.494 e. The maximum atomic E-state index is 14.2. The smallest absolute Gasteiger partial charge is 0.247 e. The number of fused-ring (bicyclic) bond motifs is 2. The summed E-state index contributed by atoms with van der Waals surface area (Å²) in [5, 5.41) is 23.5. The van der Waals surface area contributed by atoms with Crippen LogP contribution in [0.2, 0.25) is 0 Å². The summed E-state index contributed by atoms with van der Waals surface area (Å²) < 4.78 is 13.8. The maximum Gasteiger partial charge on any atom is 0.247 e. The van der Waals surface area contributed by atoms with Crippen LogP contribution in [0.1, 0.15) is 52.4 Å². The number of amides is 3. The number of nitrogens with one attached hydrogen (secondary N) is 2. The molecule has 1 aromatic heterocycles. The Labute approximate surface area is 256 Å². The summed E-state index contributed by atoms with van der Waals surface area (Å²) >= 11 is 0. The monoisotopic (exact) mass is 604 g/mol. The maximum absolute atomic E-state index is 14.2. The molecule has 2 aromatic carbocycles. The Bertz CT molecular complexity index is 1530. The summed E-state index contributed by atoms with van der Waals surface area (Å²) in [4.78, 5) is 43.8. The normalized spacial score (nSPS) is 27.1. The number of aromatic nitrogens is 3. The standard InChI is InChI=1S/C32H40N6O6/c1-3-43-22-14-12-21(13-15-22)34-28(40)25-26-30(42)37(18-8-4-5-9-19-39)27(32(26)17-16-31(25,2)44-32)29(41)33-20-38-24-11-7-6-10-23(24)35-36-38/h6-7,10-15,25-27,39H,3-5,8-9,16-20H2,1-2H3,(H,33,41)(H,34,40)/t25-,26+,27?,31+,32?/m1/s1. The first kappa shape index (κ1) is 30.0. The lowest BCUT2D eigenvalue weighted by molar-refractivity contribution is -0.145. The second-order valence-electron chi connectivity index (χ2n) is 12.1. The van der Waals surface area contributed by atoms with Gasteiger partial charge in [0.05, 0.1) is 29.6 Å². The van der Waals surface area contributed by atoms with Crippen molar-refractivity contribution in [3.05, 3.63) is 48.5 Å². The van der Waals surface area contributed by atoms with E-state index in [9.17, 15) is 19.5 Å². The third kappa shape index (κ3) is 5.19. The summed E-state index contributed by atoms with van der Waals surface area (Å²) in [5.74, 6) is -1.71. The zero-order chi connectivity index (χ0) is 30.9. The van der Waals surface area contributed by atoms with Gasteiger partial charge >= 0.3 is 0 Å². The molecule has 44 heavy (non-hydrogen) atoms. The van der Waals surface area contributed by atoms with Crippen LogP contribution < -0.4 is 15.4 Å². The van der Waals surface area contributed by atoms with E-state index in [2.05, 4.69) is 20.9 Å².